The molecular weight excluding hydrogens is 160 g/mol. The van der Waals surface area contributed by atoms with E-state index in [2.05, 4.69) is 33.5 Å². The standard InChI is InChI=1S/C11H26Si/c1-6-7-8-9-10-11(2)12(3,4)5/h11H,6-10H2,1-5H3. The van der Waals surface area contributed by atoms with Crippen molar-refractivity contribution in [3.8, 4) is 0 Å². The van der Waals surface area contributed by atoms with Crippen LogP contribution in [0.2, 0.25) is 25.2 Å². The third-order valence-electron chi connectivity index (χ3n) is 2.97. The summed E-state index contributed by atoms with van der Waals surface area (Å²) in [6, 6.07) is 0. The lowest BCUT2D eigenvalue weighted by Crippen LogP contribution is -2.25. The number of rotatable bonds is 6. The van der Waals surface area contributed by atoms with Crippen molar-refractivity contribution in [3.05, 3.63) is 0 Å². The molecular formula is C11H26Si. The zero-order valence-electron chi connectivity index (χ0n) is 9.61. The molecule has 0 aliphatic carbocycles. The van der Waals surface area contributed by atoms with Gasteiger partial charge >= 0.3 is 0 Å². The van der Waals surface area contributed by atoms with E-state index >= 15 is 0 Å². The van der Waals surface area contributed by atoms with Crippen LogP contribution in [-0.4, -0.2) is 8.07 Å². The van der Waals surface area contributed by atoms with Gasteiger partial charge in [0.2, 0.25) is 0 Å². The molecule has 0 rings (SSSR count). The topological polar surface area (TPSA) is 0 Å². The summed E-state index contributed by atoms with van der Waals surface area (Å²) in [7, 11) is -0.821. The molecule has 0 saturated carbocycles. The van der Waals surface area contributed by atoms with E-state index in [1.807, 2.05) is 0 Å². The first-order valence-corrected chi connectivity index (χ1v) is 9.06. The quantitative estimate of drug-likeness (QED) is 0.417. The third-order valence-corrected chi connectivity index (χ3v) is 6.21. The first-order chi connectivity index (χ1) is 5.48. The van der Waals surface area contributed by atoms with Crippen molar-refractivity contribution in [1.82, 2.24) is 0 Å². The summed E-state index contributed by atoms with van der Waals surface area (Å²) >= 11 is 0. The highest BCUT2D eigenvalue weighted by molar-refractivity contribution is 6.77. The van der Waals surface area contributed by atoms with Gasteiger partial charge in [0.25, 0.3) is 0 Å². The molecule has 0 aromatic heterocycles. The van der Waals surface area contributed by atoms with Crippen LogP contribution < -0.4 is 0 Å². The Morgan fingerprint density at radius 3 is 2.00 bits per heavy atom. The van der Waals surface area contributed by atoms with Gasteiger partial charge in [-0.2, -0.15) is 0 Å². The molecule has 0 saturated heterocycles. The Labute approximate surface area is 79.8 Å². The first-order valence-electron chi connectivity index (χ1n) is 5.48. The fourth-order valence-corrected chi connectivity index (χ4v) is 2.38. The van der Waals surface area contributed by atoms with Crippen LogP contribution in [0.15, 0.2) is 0 Å². The van der Waals surface area contributed by atoms with Gasteiger partial charge in [0.1, 0.15) is 0 Å². The van der Waals surface area contributed by atoms with E-state index < -0.39 is 8.07 Å². The maximum absolute atomic E-state index is 2.48. The van der Waals surface area contributed by atoms with Crippen LogP contribution in [0.1, 0.15) is 46.0 Å². The molecule has 12 heavy (non-hydrogen) atoms. The molecule has 1 atom stereocenters. The number of hydrogen-bond donors (Lipinski definition) is 0. The zero-order valence-corrected chi connectivity index (χ0v) is 10.6. The second kappa shape index (κ2) is 5.79. The molecule has 0 radical (unpaired) electrons. The van der Waals surface area contributed by atoms with Crippen molar-refractivity contribution in [2.24, 2.45) is 0 Å². The molecule has 0 bridgehead atoms. The summed E-state index contributed by atoms with van der Waals surface area (Å²) in [5, 5.41) is 0. The van der Waals surface area contributed by atoms with Gasteiger partial charge in [0.05, 0.1) is 0 Å². The maximum atomic E-state index is 2.48. The maximum Gasteiger partial charge on any atom is 0.0471 e. The molecule has 74 valence electrons. The van der Waals surface area contributed by atoms with E-state index in [4.69, 9.17) is 0 Å². The van der Waals surface area contributed by atoms with Gasteiger partial charge in [0, 0.05) is 8.07 Å². The molecule has 0 spiro atoms. The highest BCUT2D eigenvalue weighted by Crippen LogP contribution is 2.26. The number of hydrogen-bond acceptors (Lipinski definition) is 0. The third kappa shape index (κ3) is 5.82. The lowest BCUT2D eigenvalue weighted by molar-refractivity contribution is 0.617. The van der Waals surface area contributed by atoms with E-state index in [-0.39, 0.29) is 0 Å². The van der Waals surface area contributed by atoms with Gasteiger partial charge in [-0.25, -0.2) is 0 Å². The van der Waals surface area contributed by atoms with E-state index in [0.29, 0.717) is 0 Å². The summed E-state index contributed by atoms with van der Waals surface area (Å²) in [5.74, 6) is 0. The van der Waals surface area contributed by atoms with Crippen LogP contribution in [0.5, 0.6) is 0 Å². The summed E-state index contributed by atoms with van der Waals surface area (Å²) in [4.78, 5) is 0. The Balaban J connectivity index is 3.38. The second-order valence-electron chi connectivity index (χ2n) is 5.12. The van der Waals surface area contributed by atoms with Crippen molar-refractivity contribution < 1.29 is 0 Å². The predicted octanol–water partition coefficient (Wildman–Crippen LogP) is 4.69. The Morgan fingerprint density at radius 2 is 1.58 bits per heavy atom. The second-order valence-corrected chi connectivity index (χ2v) is 10.8. The van der Waals surface area contributed by atoms with Crippen LogP contribution in [0.3, 0.4) is 0 Å². The minimum Gasteiger partial charge on any atom is -0.0694 e. The molecule has 0 fully saturated rings. The monoisotopic (exact) mass is 186 g/mol. The molecule has 0 aliphatic heterocycles. The summed E-state index contributed by atoms with van der Waals surface area (Å²) in [6.07, 6.45) is 7.17. The average molecular weight is 186 g/mol. The minimum absolute atomic E-state index is 0.821. The lowest BCUT2D eigenvalue weighted by atomic mass is 10.1. The van der Waals surface area contributed by atoms with E-state index in [9.17, 15) is 0 Å². The van der Waals surface area contributed by atoms with Gasteiger partial charge in [-0.3, -0.25) is 0 Å². The van der Waals surface area contributed by atoms with Gasteiger partial charge < -0.3 is 0 Å². The van der Waals surface area contributed by atoms with Crippen molar-refractivity contribution >= 4 is 8.07 Å². The molecule has 0 amide bonds. The molecule has 0 nitrogen and oxygen atoms in total. The molecule has 0 aromatic rings. The van der Waals surface area contributed by atoms with Crippen LogP contribution in [0, 0.1) is 0 Å². The summed E-state index contributed by atoms with van der Waals surface area (Å²) in [5.41, 5.74) is 1.01. The highest BCUT2D eigenvalue weighted by Gasteiger charge is 2.21. The smallest absolute Gasteiger partial charge is 0.0471 e. The van der Waals surface area contributed by atoms with Gasteiger partial charge in [0.15, 0.2) is 0 Å². The normalized spacial score (nSPS) is 14.8. The average Bonchev–Trinajstić information content (AvgIpc) is 1.96. The SMILES string of the molecule is CCCCCCC(C)[Si](C)(C)C. The van der Waals surface area contributed by atoms with E-state index in [0.717, 1.165) is 5.54 Å². The van der Waals surface area contributed by atoms with Crippen LogP contribution >= 0.6 is 0 Å². The molecule has 0 heterocycles. The highest BCUT2D eigenvalue weighted by atomic mass is 28.3. The van der Waals surface area contributed by atoms with E-state index in [1.54, 1.807) is 0 Å². The molecule has 1 unspecified atom stereocenters. The van der Waals surface area contributed by atoms with Gasteiger partial charge in [-0.05, 0) is 5.54 Å². The zero-order chi connectivity index (χ0) is 9.61. The molecule has 1 heteroatoms. The fraction of sp³-hybridized carbons (Fsp3) is 1.00. The Morgan fingerprint density at radius 1 is 1.00 bits per heavy atom. The van der Waals surface area contributed by atoms with E-state index in [1.165, 1.54) is 32.1 Å². The summed E-state index contributed by atoms with van der Waals surface area (Å²) < 4.78 is 0. The van der Waals surface area contributed by atoms with Crippen molar-refractivity contribution in [3.63, 3.8) is 0 Å². The van der Waals surface area contributed by atoms with Gasteiger partial charge in [-0.1, -0.05) is 65.6 Å². The Bertz CT molecular complexity index is 102. The fourth-order valence-electron chi connectivity index (χ4n) is 1.31. The van der Waals surface area contributed by atoms with Crippen LogP contribution in [0.4, 0.5) is 0 Å². The first kappa shape index (κ1) is 12.2. The summed E-state index contributed by atoms with van der Waals surface area (Å²) in [6.45, 7) is 12.2. The Hall–Kier alpha value is 0.217. The molecule has 0 aliphatic rings. The van der Waals surface area contributed by atoms with Crippen LogP contribution in [-0.2, 0) is 0 Å². The van der Waals surface area contributed by atoms with Gasteiger partial charge in [-0.15, -0.1) is 0 Å². The van der Waals surface area contributed by atoms with Crippen molar-refractivity contribution in [2.75, 3.05) is 0 Å². The largest absolute Gasteiger partial charge is 0.0694 e. The van der Waals surface area contributed by atoms with Crippen molar-refractivity contribution in [2.45, 2.75) is 71.1 Å². The van der Waals surface area contributed by atoms with Crippen LogP contribution in [0.25, 0.3) is 0 Å². The molecule has 0 aromatic carbocycles. The minimum atomic E-state index is -0.821. The Kier molecular flexibility index (Phi) is 5.90. The lowest BCUT2D eigenvalue weighted by Gasteiger charge is -2.24. The number of unbranched alkanes of at least 4 members (excludes halogenated alkanes) is 3. The predicted molar refractivity (Wildman–Crippen MR) is 61.5 cm³/mol. The van der Waals surface area contributed by atoms with Crippen molar-refractivity contribution in [1.29, 1.82) is 0 Å². The molecule has 0 N–H and O–H groups in total.